The van der Waals surface area contributed by atoms with E-state index in [9.17, 15) is 2.74 Å². The molecule has 0 saturated heterocycles. The molecule has 0 bridgehead atoms. The van der Waals surface area contributed by atoms with Crippen molar-refractivity contribution in [3.63, 3.8) is 0 Å². The molecule has 1 heterocycles. The van der Waals surface area contributed by atoms with Crippen molar-refractivity contribution in [3.8, 4) is 22.3 Å². The van der Waals surface area contributed by atoms with E-state index < -0.39 is 11.5 Å². The van der Waals surface area contributed by atoms with Gasteiger partial charge in [-0.1, -0.05) is 152 Å². The maximum Gasteiger partial charge on any atom is 0.135 e. The van der Waals surface area contributed by atoms with Crippen molar-refractivity contribution in [2.24, 2.45) is 0 Å². The number of nitrogens with zero attached hydrogens (tertiary/aromatic N) is 1. The van der Waals surface area contributed by atoms with Crippen molar-refractivity contribution in [1.29, 1.82) is 0 Å². The molecule has 1 aliphatic carbocycles. The summed E-state index contributed by atoms with van der Waals surface area (Å²) in [7, 11) is 0. The zero-order chi connectivity index (χ0) is 38.1. The van der Waals surface area contributed by atoms with E-state index in [-0.39, 0.29) is 29.7 Å². The molecule has 240 valence electrons. The van der Waals surface area contributed by atoms with Crippen LogP contribution in [-0.4, -0.2) is 0 Å². The van der Waals surface area contributed by atoms with Gasteiger partial charge < -0.3 is 9.32 Å². The summed E-state index contributed by atoms with van der Waals surface area (Å²) in [6.07, 6.45) is 0. The minimum absolute atomic E-state index is 0.203. The van der Waals surface area contributed by atoms with Crippen LogP contribution in [0.15, 0.2) is 204 Å². The molecular weight excluding hydrogens is 619 g/mol. The number of para-hydroxylation sites is 2. The topological polar surface area (TPSA) is 16.4 Å². The summed E-state index contributed by atoms with van der Waals surface area (Å²) in [5.41, 5.74) is 9.73. The van der Waals surface area contributed by atoms with Crippen LogP contribution in [-0.2, 0) is 5.41 Å². The highest BCUT2D eigenvalue weighted by Crippen LogP contribution is 2.57. The fourth-order valence-corrected chi connectivity index (χ4v) is 7.99. The summed E-state index contributed by atoms with van der Waals surface area (Å²) in [6.45, 7) is 0. The Morgan fingerprint density at radius 1 is 0.431 bits per heavy atom. The maximum absolute atomic E-state index is 9.42. The van der Waals surface area contributed by atoms with Gasteiger partial charge >= 0.3 is 0 Å². The molecular formula is C49H33NO. The smallest absolute Gasteiger partial charge is 0.135 e. The van der Waals surface area contributed by atoms with E-state index in [0.29, 0.717) is 5.58 Å². The Morgan fingerprint density at radius 3 is 1.88 bits per heavy atom. The number of hydrogen-bond acceptors (Lipinski definition) is 2. The van der Waals surface area contributed by atoms with E-state index in [0.717, 1.165) is 72.4 Å². The lowest BCUT2D eigenvalue weighted by Gasteiger charge is -2.34. The van der Waals surface area contributed by atoms with Gasteiger partial charge in [-0.05, 0) is 93.0 Å². The molecule has 0 N–H and O–H groups in total. The molecule has 10 rings (SSSR count). The van der Waals surface area contributed by atoms with Gasteiger partial charge in [0.15, 0.2) is 0 Å². The lowest BCUT2D eigenvalue weighted by Crippen LogP contribution is -2.28. The van der Waals surface area contributed by atoms with Crippen LogP contribution in [0.5, 0.6) is 0 Å². The number of furan rings is 1. The van der Waals surface area contributed by atoms with Crippen molar-refractivity contribution < 1.29 is 11.3 Å². The zero-order valence-corrected chi connectivity index (χ0v) is 27.5. The predicted octanol–water partition coefficient (Wildman–Crippen LogP) is 13.1. The van der Waals surface area contributed by atoms with Gasteiger partial charge in [-0.15, -0.1) is 0 Å². The molecule has 1 unspecified atom stereocenters. The SMILES string of the molecule is [2H]c1c([2H])c([2H])c(C2(c3ccc4c(c3)oc3ccccc34)c3ccccc3-c3cc(N(c4ccccc4)c4ccc(-c5ccccc5)cc4)ccc32)c([2H])c1[2H]. The second kappa shape index (κ2) is 11.8. The first-order chi connectivity index (χ1) is 27.4. The molecule has 2 heteroatoms. The highest BCUT2D eigenvalue weighted by molar-refractivity contribution is 6.05. The lowest BCUT2D eigenvalue weighted by atomic mass is 9.67. The van der Waals surface area contributed by atoms with Crippen molar-refractivity contribution >= 4 is 39.0 Å². The molecule has 0 radical (unpaired) electrons. The number of benzene rings is 8. The molecule has 8 aromatic carbocycles. The maximum atomic E-state index is 9.42. The summed E-state index contributed by atoms with van der Waals surface area (Å²) in [5.74, 6) is 0. The molecule has 51 heavy (non-hydrogen) atoms. The molecule has 0 fully saturated rings. The minimum Gasteiger partial charge on any atom is -0.456 e. The van der Waals surface area contributed by atoms with Gasteiger partial charge in [0.25, 0.3) is 0 Å². The summed E-state index contributed by atoms with van der Waals surface area (Å²) < 4.78 is 51.5. The van der Waals surface area contributed by atoms with Crippen LogP contribution in [0.2, 0.25) is 0 Å². The Morgan fingerprint density at radius 2 is 1.06 bits per heavy atom. The fourth-order valence-electron chi connectivity index (χ4n) is 7.99. The van der Waals surface area contributed by atoms with E-state index in [1.54, 1.807) is 0 Å². The second-order valence-electron chi connectivity index (χ2n) is 12.9. The van der Waals surface area contributed by atoms with Crippen LogP contribution >= 0.6 is 0 Å². The first-order valence-corrected chi connectivity index (χ1v) is 17.1. The first kappa shape index (κ1) is 24.5. The van der Waals surface area contributed by atoms with Crippen LogP contribution in [0, 0.1) is 0 Å². The van der Waals surface area contributed by atoms with Gasteiger partial charge in [-0.2, -0.15) is 0 Å². The van der Waals surface area contributed by atoms with Crippen molar-refractivity contribution in [3.05, 3.63) is 222 Å². The average Bonchev–Trinajstić information content (AvgIpc) is 3.77. The Bertz CT molecular complexity index is 2950. The number of rotatable bonds is 6. The van der Waals surface area contributed by atoms with Gasteiger partial charge in [0, 0.05) is 27.8 Å². The molecule has 0 aliphatic heterocycles. The largest absolute Gasteiger partial charge is 0.456 e. The molecule has 9 aromatic rings. The summed E-state index contributed by atoms with van der Waals surface area (Å²) >= 11 is 0. The average molecular weight is 657 g/mol. The first-order valence-electron chi connectivity index (χ1n) is 19.6. The molecule has 0 amide bonds. The molecule has 2 nitrogen and oxygen atoms in total. The van der Waals surface area contributed by atoms with Crippen molar-refractivity contribution in [2.45, 2.75) is 5.41 Å². The highest BCUT2D eigenvalue weighted by Gasteiger charge is 2.46. The summed E-state index contributed by atoms with van der Waals surface area (Å²) in [5, 5.41) is 1.93. The molecule has 0 spiro atoms. The van der Waals surface area contributed by atoms with E-state index in [2.05, 4.69) is 77.7 Å². The Balaban J connectivity index is 1.25. The minimum atomic E-state index is -1.28. The third-order valence-corrected chi connectivity index (χ3v) is 10.2. The van der Waals surface area contributed by atoms with Crippen molar-refractivity contribution in [2.75, 3.05) is 4.90 Å². The van der Waals surface area contributed by atoms with Crippen LogP contribution in [0.25, 0.3) is 44.2 Å². The fraction of sp³-hybridized carbons (Fsp3) is 0.0204. The number of fused-ring (bicyclic) bond motifs is 6. The third-order valence-electron chi connectivity index (χ3n) is 10.2. The summed E-state index contributed by atoms with van der Waals surface area (Å²) in [6, 6.07) is 55.7. The molecule has 0 saturated carbocycles. The van der Waals surface area contributed by atoms with E-state index in [1.807, 2.05) is 97.1 Å². The number of hydrogen-bond donors (Lipinski definition) is 0. The lowest BCUT2D eigenvalue weighted by molar-refractivity contribution is 0.665. The van der Waals surface area contributed by atoms with Crippen LogP contribution in [0.1, 0.15) is 29.1 Å². The molecule has 1 aromatic heterocycles. The van der Waals surface area contributed by atoms with Crippen LogP contribution in [0.3, 0.4) is 0 Å². The molecule has 1 aliphatic rings. The quantitative estimate of drug-likeness (QED) is 0.177. The van der Waals surface area contributed by atoms with Gasteiger partial charge in [-0.25, -0.2) is 0 Å². The predicted molar refractivity (Wildman–Crippen MR) is 211 cm³/mol. The van der Waals surface area contributed by atoms with E-state index in [1.165, 1.54) is 0 Å². The van der Waals surface area contributed by atoms with Gasteiger partial charge in [0.05, 0.1) is 12.3 Å². The monoisotopic (exact) mass is 656 g/mol. The second-order valence-corrected chi connectivity index (χ2v) is 12.9. The van der Waals surface area contributed by atoms with Crippen LogP contribution in [0.4, 0.5) is 17.1 Å². The van der Waals surface area contributed by atoms with Gasteiger partial charge in [0.1, 0.15) is 11.2 Å². The van der Waals surface area contributed by atoms with Gasteiger partial charge in [-0.3, -0.25) is 0 Å². The van der Waals surface area contributed by atoms with Crippen molar-refractivity contribution in [1.82, 2.24) is 0 Å². The Labute approximate surface area is 304 Å². The van der Waals surface area contributed by atoms with Crippen LogP contribution < -0.4 is 4.90 Å². The highest BCUT2D eigenvalue weighted by atomic mass is 16.3. The normalized spacial score (nSPS) is 16.1. The zero-order valence-electron chi connectivity index (χ0n) is 32.5. The van der Waals surface area contributed by atoms with Gasteiger partial charge in [0.2, 0.25) is 0 Å². The number of anilines is 3. The summed E-state index contributed by atoms with van der Waals surface area (Å²) in [4.78, 5) is 2.22. The van der Waals surface area contributed by atoms with E-state index >= 15 is 0 Å². The Kier molecular flexibility index (Phi) is 5.64. The van der Waals surface area contributed by atoms with E-state index in [4.69, 9.17) is 8.53 Å². The standard InChI is InChI=1S/C49H33NO/c1-4-14-34(15-5-1)35-24-27-39(28-25-35)50(38-18-8-3-9-19-38)40-29-31-46-44(33-40)41-20-10-12-22-45(41)49(46,36-16-6-2-7-17-36)37-26-30-43-42-21-11-13-23-47(42)51-48(43)32-37/h1-33H/i2D,6D,7D,16D,17D. The molecule has 1 atom stereocenters. The third kappa shape index (κ3) is 4.57. The Hall–Kier alpha value is -6.64.